The van der Waals surface area contributed by atoms with Crippen LogP contribution in [0.1, 0.15) is 34.1 Å². The molecule has 0 aliphatic carbocycles. The number of esters is 1. The minimum Gasteiger partial charge on any atom is -0.461 e. The zero-order chi connectivity index (χ0) is 14.8. The Labute approximate surface area is 111 Å². The maximum Gasteiger partial charge on any atom is 0.328 e. The average Bonchev–Trinajstić information content (AvgIpc) is 2.26. The SMILES string of the molecule is CCC(C)C1(C(C)OC(C)=O)C(=O)NC(=O)NC1=O. The van der Waals surface area contributed by atoms with Crippen molar-refractivity contribution in [3.63, 3.8) is 0 Å². The van der Waals surface area contributed by atoms with E-state index in [1.54, 1.807) is 6.92 Å². The molecule has 2 unspecified atom stereocenters. The van der Waals surface area contributed by atoms with E-state index in [1.165, 1.54) is 13.8 Å². The van der Waals surface area contributed by atoms with Crippen LogP contribution in [0.5, 0.6) is 0 Å². The molecule has 0 bridgehead atoms. The first-order valence-corrected chi connectivity index (χ1v) is 6.10. The Morgan fingerprint density at radius 2 is 1.68 bits per heavy atom. The predicted octanol–water partition coefficient (Wildman–Crippen LogP) is 0.337. The highest BCUT2D eigenvalue weighted by Crippen LogP contribution is 2.37. The number of hydrogen-bond acceptors (Lipinski definition) is 5. The van der Waals surface area contributed by atoms with Crippen LogP contribution in [0.2, 0.25) is 0 Å². The average molecular weight is 270 g/mol. The van der Waals surface area contributed by atoms with Crippen LogP contribution < -0.4 is 10.6 Å². The minimum atomic E-state index is -1.59. The van der Waals surface area contributed by atoms with E-state index in [0.29, 0.717) is 6.42 Å². The number of ether oxygens (including phenoxy) is 1. The van der Waals surface area contributed by atoms with E-state index in [9.17, 15) is 19.2 Å². The molecule has 19 heavy (non-hydrogen) atoms. The van der Waals surface area contributed by atoms with Gasteiger partial charge < -0.3 is 4.74 Å². The summed E-state index contributed by atoms with van der Waals surface area (Å²) in [4.78, 5) is 46.6. The molecule has 0 aromatic rings. The number of hydrogen-bond donors (Lipinski definition) is 2. The van der Waals surface area contributed by atoms with Gasteiger partial charge in [0.1, 0.15) is 6.10 Å². The zero-order valence-corrected chi connectivity index (χ0v) is 11.4. The monoisotopic (exact) mass is 270 g/mol. The van der Waals surface area contributed by atoms with Gasteiger partial charge in [0, 0.05) is 6.92 Å². The van der Waals surface area contributed by atoms with E-state index in [0.717, 1.165) is 0 Å². The summed E-state index contributed by atoms with van der Waals surface area (Å²) in [6.45, 7) is 6.19. The van der Waals surface area contributed by atoms with Gasteiger partial charge in [-0.1, -0.05) is 20.3 Å². The largest absolute Gasteiger partial charge is 0.461 e. The third-order valence-corrected chi connectivity index (χ3v) is 3.58. The zero-order valence-electron chi connectivity index (χ0n) is 11.4. The van der Waals surface area contributed by atoms with Gasteiger partial charge in [-0.2, -0.15) is 0 Å². The number of nitrogens with one attached hydrogen (secondary N) is 2. The number of carbonyl (C=O) groups excluding carboxylic acids is 4. The summed E-state index contributed by atoms with van der Waals surface area (Å²) >= 11 is 0. The summed E-state index contributed by atoms with van der Waals surface area (Å²) in [6.07, 6.45) is -0.450. The lowest BCUT2D eigenvalue weighted by molar-refractivity contribution is -0.168. The summed E-state index contributed by atoms with van der Waals surface area (Å²) in [6, 6.07) is -0.857. The topological polar surface area (TPSA) is 102 Å². The molecule has 1 aliphatic heterocycles. The van der Waals surface area contributed by atoms with Gasteiger partial charge in [0.05, 0.1) is 0 Å². The van der Waals surface area contributed by atoms with E-state index in [4.69, 9.17) is 4.74 Å². The Balaban J connectivity index is 3.26. The van der Waals surface area contributed by atoms with Gasteiger partial charge in [0.15, 0.2) is 5.41 Å². The van der Waals surface area contributed by atoms with Gasteiger partial charge in [-0.05, 0) is 12.8 Å². The summed E-state index contributed by atoms with van der Waals surface area (Å²) < 4.78 is 5.02. The number of imide groups is 2. The molecule has 106 valence electrons. The van der Waals surface area contributed by atoms with Crippen molar-refractivity contribution in [3.8, 4) is 0 Å². The van der Waals surface area contributed by atoms with Crippen LogP contribution in [-0.2, 0) is 19.1 Å². The molecule has 1 rings (SSSR count). The van der Waals surface area contributed by atoms with Crippen molar-refractivity contribution in [1.82, 2.24) is 10.6 Å². The van der Waals surface area contributed by atoms with E-state index in [2.05, 4.69) is 10.6 Å². The fourth-order valence-corrected chi connectivity index (χ4v) is 2.43. The van der Waals surface area contributed by atoms with Gasteiger partial charge in [0.2, 0.25) is 11.8 Å². The molecule has 1 heterocycles. The maximum absolute atomic E-state index is 12.2. The number of amides is 4. The lowest BCUT2D eigenvalue weighted by Gasteiger charge is -2.41. The standard InChI is InChI=1S/C12H18N2O5/c1-5-6(2)12(7(3)19-8(4)15)9(16)13-11(18)14-10(12)17/h6-7H,5H2,1-4H3,(H2,13,14,16,17,18). The number of rotatable bonds is 4. The molecule has 0 saturated carbocycles. The van der Waals surface area contributed by atoms with Crippen molar-refractivity contribution in [1.29, 1.82) is 0 Å². The highest BCUT2D eigenvalue weighted by molar-refractivity contribution is 6.19. The molecule has 7 nitrogen and oxygen atoms in total. The van der Waals surface area contributed by atoms with Gasteiger partial charge >= 0.3 is 12.0 Å². The molecule has 2 N–H and O–H groups in total. The first-order valence-electron chi connectivity index (χ1n) is 6.10. The van der Waals surface area contributed by atoms with Gasteiger partial charge in [-0.3, -0.25) is 25.0 Å². The molecule has 1 aliphatic rings. The van der Waals surface area contributed by atoms with E-state index < -0.39 is 41.3 Å². The summed E-state index contributed by atoms with van der Waals surface area (Å²) in [5.41, 5.74) is -1.59. The Hall–Kier alpha value is -1.92. The second-order valence-electron chi connectivity index (χ2n) is 4.67. The second kappa shape index (κ2) is 5.38. The van der Waals surface area contributed by atoms with Crippen LogP contribution in [-0.4, -0.2) is 29.9 Å². The number of barbiturate groups is 1. The Kier molecular flexibility index (Phi) is 4.28. The molecular weight excluding hydrogens is 252 g/mol. The highest BCUT2D eigenvalue weighted by atomic mass is 16.5. The number of carbonyl (C=O) groups is 4. The van der Waals surface area contributed by atoms with Crippen molar-refractivity contribution >= 4 is 23.8 Å². The summed E-state index contributed by atoms with van der Waals surface area (Å²) in [7, 11) is 0. The van der Waals surface area contributed by atoms with Crippen molar-refractivity contribution in [2.75, 3.05) is 0 Å². The molecule has 1 saturated heterocycles. The van der Waals surface area contributed by atoms with Crippen molar-refractivity contribution < 1.29 is 23.9 Å². The molecule has 1 fully saturated rings. The summed E-state index contributed by atoms with van der Waals surface area (Å²) in [5.74, 6) is -2.45. The minimum absolute atomic E-state index is 0.394. The quantitative estimate of drug-likeness (QED) is 0.566. The van der Waals surface area contributed by atoms with Crippen LogP contribution >= 0.6 is 0 Å². The Morgan fingerprint density at radius 1 is 1.21 bits per heavy atom. The molecule has 0 aromatic heterocycles. The van der Waals surface area contributed by atoms with Gasteiger partial charge in [-0.15, -0.1) is 0 Å². The molecular formula is C12H18N2O5. The van der Waals surface area contributed by atoms with E-state index >= 15 is 0 Å². The van der Waals surface area contributed by atoms with Crippen LogP contribution in [0.4, 0.5) is 4.79 Å². The maximum atomic E-state index is 12.2. The molecule has 0 aromatic carbocycles. The smallest absolute Gasteiger partial charge is 0.328 e. The Bertz CT molecular complexity index is 412. The van der Waals surface area contributed by atoms with Crippen molar-refractivity contribution in [2.24, 2.45) is 11.3 Å². The lowest BCUT2D eigenvalue weighted by Crippen LogP contribution is -2.68. The first kappa shape index (κ1) is 15.1. The fourth-order valence-electron chi connectivity index (χ4n) is 2.43. The molecule has 0 radical (unpaired) electrons. The van der Waals surface area contributed by atoms with Gasteiger partial charge in [-0.25, -0.2) is 4.79 Å². The van der Waals surface area contributed by atoms with Crippen LogP contribution in [0.3, 0.4) is 0 Å². The van der Waals surface area contributed by atoms with Crippen LogP contribution in [0.15, 0.2) is 0 Å². The van der Waals surface area contributed by atoms with Crippen molar-refractivity contribution in [2.45, 2.75) is 40.2 Å². The molecule has 2 atom stereocenters. The normalized spacial score (nSPS) is 21.2. The third kappa shape index (κ3) is 2.45. The highest BCUT2D eigenvalue weighted by Gasteiger charge is 2.58. The third-order valence-electron chi connectivity index (χ3n) is 3.58. The molecule has 0 spiro atoms. The van der Waals surface area contributed by atoms with E-state index in [1.807, 2.05) is 6.92 Å². The molecule has 4 amide bonds. The molecule has 7 heteroatoms. The first-order chi connectivity index (χ1) is 8.76. The fraction of sp³-hybridized carbons (Fsp3) is 0.667. The Morgan fingerprint density at radius 3 is 2.05 bits per heavy atom. The number of urea groups is 1. The second-order valence-corrected chi connectivity index (χ2v) is 4.67. The van der Waals surface area contributed by atoms with Crippen molar-refractivity contribution in [3.05, 3.63) is 0 Å². The van der Waals surface area contributed by atoms with E-state index in [-0.39, 0.29) is 0 Å². The van der Waals surface area contributed by atoms with Gasteiger partial charge in [0.25, 0.3) is 0 Å². The summed E-state index contributed by atoms with van der Waals surface area (Å²) in [5, 5.41) is 4.14. The van der Waals surface area contributed by atoms with Crippen LogP contribution in [0, 0.1) is 11.3 Å². The predicted molar refractivity (Wildman–Crippen MR) is 64.8 cm³/mol. The lowest BCUT2D eigenvalue weighted by atomic mass is 9.68. The van der Waals surface area contributed by atoms with Crippen LogP contribution in [0.25, 0.3) is 0 Å².